The van der Waals surface area contributed by atoms with Gasteiger partial charge in [-0.15, -0.1) is 6.58 Å². The molecule has 2 aromatic carbocycles. The molecule has 0 aliphatic carbocycles. The molecule has 0 aliphatic heterocycles. The molecule has 4 N–H and O–H groups in total. The number of ether oxygens (including phenoxy) is 2. The van der Waals surface area contributed by atoms with Gasteiger partial charge in [0.2, 0.25) is 11.8 Å². The molecule has 53 heavy (non-hydrogen) atoms. The van der Waals surface area contributed by atoms with Gasteiger partial charge < -0.3 is 39.9 Å². The van der Waals surface area contributed by atoms with E-state index in [1.807, 2.05) is 76.2 Å². The van der Waals surface area contributed by atoms with Crippen molar-refractivity contribution in [3.05, 3.63) is 96.4 Å². The average molecular weight is 723 g/mol. The zero-order valence-electron chi connectivity index (χ0n) is 31.2. The lowest BCUT2D eigenvalue weighted by molar-refractivity contribution is -0.135. The Labute approximate surface area is 309 Å². The predicted octanol–water partition coefficient (Wildman–Crippen LogP) is 5.20. The number of likely N-dealkylation sites (N-methyl/N-ethyl adjacent to an activating group) is 2. The Kier molecular flexibility index (Phi) is 13.2. The summed E-state index contributed by atoms with van der Waals surface area (Å²) >= 11 is 0. The minimum atomic E-state index is -0.940. The summed E-state index contributed by atoms with van der Waals surface area (Å²) in [6.07, 6.45) is 3.39. The van der Waals surface area contributed by atoms with Crippen molar-refractivity contribution in [1.82, 2.24) is 40.4 Å². The van der Waals surface area contributed by atoms with Gasteiger partial charge in [-0.25, -0.2) is 19.6 Å². The van der Waals surface area contributed by atoms with Crippen molar-refractivity contribution in [2.45, 2.75) is 51.9 Å². The molecule has 14 heteroatoms. The standard InChI is InChI=1S/C39H46N8O6/c1-10-30(44-38(50)52-8)36(48)46(6)24(4)34-40-21-31(42-34)28-17-13-26(14-18-28)11-12-27-15-19-29(20-16-27)32-22-41-35(43-32)25(5)47(7)37(49)33(23(2)3)45-39(51)53-9/h10,13-25,30,33H,1H2,2-9H3,(H,40,42)(H,41,43)(H,44,50)(H,45,51). The molecular weight excluding hydrogens is 676 g/mol. The summed E-state index contributed by atoms with van der Waals surface area (Å²) in [5.41, 5.74) is 5.05. The van der Waals surface area contributed by atoms with Crippen molar-refractivity contribution in [1.29, 1.82) is 0 Å². The molecule has 0 saturated carbocycles. The third-order valence-corrected chi connectivity index (χ3v) is 8.93. The summed E-state index contributed by atoms with van der Waals surface area (Å²) in [5, 5.41) is 5.07. The third kappa shape index (κ3) is 9.70. The normalized spacial score (nSPS) is 13.0. The first kappa shape index (κ1) is 39.4. The molecule has 0 saturated heterocycles. The fourth-order valence-corrected chi connectivity index (χ4v) is 5.30. The smallest absolute Gasteiger partial charge is 0.407 e. The van der Waals surface area contributed by atoms with Crippen molar-refractivity contribution in [3.63, 3.8) is 0 Å². The second kappa shape index (κ2) is 17.7. The maximum atomic E-state index is 13.2. The zero-order chi connectivity index (χ0) is 38.8. The number of methoxy groups -OCH3 is 2. The molecule has 0 bridgehead atoms. The van der Waals surface area contributed by atoms with E-state index in [0.29, 0.717) is 11.6 Å². The largest absolute Gasteiger partial charge is 0.453 e. The van der Waals surface area contributed by atoms with Crippen molar-refractivity contribution >= 4 is 24.0 Å². The number of imidazole rings is 2. The highest BCUT2D eigenvalue weighted by molar-refractivity contribution is 5.87. The lowest BCUT2D eigenvalue weighted by Gasteiger charge is -2.30. The van der Waals surface area contributed by atoms with Crippen LogP contribution in [0.2, 0.25) is 0 Å². The predicted molar refractivity (Wildman–Crippen MR) is 200 cm³/mol. The number of hydrogen-bond donors (Lipinski definition) is 4. The van der Waals surface area contributed by atoms with Gasteiger partial charge in [-0.1, -0.05) is 56.0 Å². The molecule has 0 radical (unpaired) electrons. The van der Waals surface area contributed by atoms with E-state index in [4.69, 9.17) is 0 Å². The minimum absolute atomic E-state index is 0.139. The quantitative estimate of drug-likeness (QED) is 0.114. The number of alkyl carbamates (subject to hydrolysis) is 2. The second-order valence-electron chi connectivity index (χ2n) is 12.7. The summed E-state index contributed by atoms with van der Waals surface area (Å²) in [7, 11) is 5.79. The van der Waals surface area contributed by atoms with Gasteiger partial charge in [-0.2, -0.15) is 0 Å². The monoisotopic (exact) mass is 722 g/mol. The van der Waals surface area contributed by atoms with Crippen LogP contribution in [-0.4, -0.2) is 94.1 Å². The highest BCUT2D eigenvalue weighted by Crippen LogP contribution is 2.25. The lowest BCUT2D eigenvalue weighted by Crippen LogP contribution is -2.50. The molecule has 0 fully saturated rings. The molecule has 4 rings (SSSR count). The van der Waals surface area contributed by atoms with Gasteiger partial charge in [0.25, 0.3) is 0 Å². The van der Waals surface area contributed by atoms with Crippen molar-refractivity contribution in [2.24, 2.45) is 5.92 Å². The Bertz CT molecular complexity index is 1970. The van der Waals surface area contributed by atoms with Crippen LogP contribution in [0.3, 0.4) is 0 Å². The highest BCUT2D eigenvalue weighted by atomic mass is 16.5. The van der Waals surface area contributed by atoms with Crippen LogP contribution in [0.25, 0.3) is 22.5 Å². The van der Waals surface area contributed by atoms with Gasteiger partial charge in [-0.05, 0) is 55.2 Å². The molecule has 0 aliphatic rings. The number of carbonyl (C=O) groups excluding carboxylic acids is 4. The van der Waals surface area contributed by atoms with Gasteiger partial charge in [-0.3, -0.25) is 9.59 Å². The molecule has 2 aromatic heterocycles. The minimum Gasteiger partial charge on any atom is -0.453 e. The number of aromatic amines is 2. The Balaban J connectivity index is 1.37. The van der Waals surface area contributed by atoms with Crippen LogP contribution in [0, 0.1) is 17.8 Å². The molecule has 4 unspecified atom stereocenters. The number of benzene rings is 2. The van der Waals surface area contributed by atoms with Crippen molar-refractivity contribution in [3.8, 4) is 34.4 Å². The van der Waals surface area contributed by atoms with Crippen LogP contribution >= 0.6 is 0 Å². The van der Waals surface area contributed by atoms with E-state index < -0.39 is 30.3 Å². The summed E-state index contributed by atoms with van der Waals surface area (Å²) in [6, 6.07) is 13.0. The first-order valence-corrected chi connectivity index (χ1v) is 16.9. The number of nitrogens with zero attached hydrogens (tertiary/aromatic N) is 4. The Morgan fingerprint density at radius 2 is 1.13 bits per heavy atom. The van der Waals surface area contributed by atoms with Crippen molar-refractivity contribution in [2.75, 3.05) is 28.3 Å². The number of hydrogen-bond acceptors (Lipinski definition) is 8. The van der Waals surface area contributed by atoms with E-state index in [0.717, 1.165) is 33.6 Å². The van der Waals surface area contributed by atoms with Gasteiger partial charge in [0.15, 0.2) is 0 Å². The van der Waals surface area contributed by atoms with Crippen LogP contribution in [0.15, 0.2) is 73.6 Å². The average Bonchev–Trinajstić information content (AvgIpc) is 3.88. The van der Waals surface area contributed by atoms with E-state index in [-0.39, 0.29) is 23.8 Å². The first-order chi connectivity index (χ1) is 25.3. The Morgan fingerprint density at radius 1 is 0.717 bits per heavy atom. The third-order valence-electron chi connectivity index (χ3n) is 8.93. The van der Waals surface area contributed by atoms with Crippen LogP contribution in [0.5, 0.6) is 0 Å². The zero-order valence-corrected chi connectivity index (χ0v) is 31.2. The SMILES string of the molecule is C=CC(NC(=O)OC)C(=O)N(C)C(C)c1ncc(-c2ccc(C#Cc3ccc(-c4cnc(C(C)N(C)C(=O)C(NC(=O)OC)C(C)C)[nH]4)cc3)cc2)[nH]1. The molecule has 0 spiro atoms. The second-order valence-corrected chi connectivity index (χ2v) is 12.7. The van der Waals surface area contributed by atoms with Crippen LogP contribution in [0.4, 0.5) is 9.59 Å². The maximum absolute atomic E-state index is 13.2. The molecule has 4 atom stereocenters. The summed E-state index contributed by atoms with van der Waals surface area (Å²) in [6.45, 7) is 11.0. The first-order valence-electron chi connectivity index (χ1n) is 16.9. The van der Waals surface area contributed by atoms with Crippen LogP contribution < -0.4 is 10.6 Å². The fourth-order valence-electron chi connectivity index (χ4n) is 5.30. The summed E-state index contributed by atoms with van der Waals surface area (Å²) in [5.74, 6) is 6.84. The number of nitrogens with one attached hydrogen (secondary N) is 4. The highest BCUT2D eigenvalue weighted by Gasteiger charge is 2.31. The molecule has 4 aromatic rings. The Morgan fingerprint density at radius 3 is 1.53 bits per heavy atom. The van der Waals surface area contributed by atoms with E-state index in [9.17, 15) is 19.2 Å². The van der Waals surface area contributed by atoms with Crippen LogP contribution in [0.1, 0.15) is 62.6 Å². The van der Waals surface area contributed by atoms with E-state index >= 15 is 0 Å². The van der Waals surface area contributed by atoms with E-state index in [1.165, 1.54) is 25.2 Å². The number of aromatic nitrogens is 4. The maximum Gasteiger partial charge on any atom is 0.407 e. The summed E-state index contributed by atoms with van der Waals surface area (Å²) < 4.78 is 9.28. The number of rotatable bonds is 12. The van der Waals surface area contributed by atoms with E-state index in [1.54, 1.807) is 31.4 Å². The Hall–Kier alpha value is -6.36. The molecule has 14 nitrogen and oxygen atoms in total. The topological polar surface area (TPSA) is 175 Å². The molecule has 2 heterocycles. The van der Waals surface area contributed by atoms with Gasteiger partial charge in [0.05, 0.1) is 50.1 Å². The van der Waals surface area contributed by atoms with Gasteiger partial charge in [0, 0.05) is 25.2 Å². The van der Waals surface area contributed by atoms with Gasteiger partial charge in [0.1, 0.15) is 23.7 Å². The molecule has 278 valence electrons. The number of carbonyl (C=O) groups is 4. The van der Waals surface area contributed by atoms with E-state index in [2.05, 4.69) is 58.5 Å². The van der Waals surface area contributed by atoms with Gasteiger partial charge >= 0.3 is 12.2 Å². The molecule has 4 amide bonds. The summed E-state index contributed by atoms with van der Waals surface area (Å²) in [4.78, 5) is 68.2. The molecular formula is C39H46N8O6. The fraction of sp³-hybridized carbons (Fsp3) is 0.333. The lowest BCUT2D eigenvalue weighted by atomic mass is 10.0. The van der Waals surface area contributed by atoms with Crippen molar-refractivity contribution < 1.29 is 28.7 Å². The number of amides is 4. The van der Waals surface area contributed by atoms with Crippen LogP contribution in [-0.2, 0) is 19.1 Å². The number of H-pyrrole nitrogens is 2.